The summed E-state index contributed by atoms with van der Waals surface area (Å²) in [6, 6.07) is 7.60. The molecule has 0 aliphatic carbocycles. The number of benzene rings is 1. The highest BCUT2D eigenvalue weighted by Crippen LogP contribution is 2.14. The minimum atomic E-state index is -0.0964. The summed E-state index contributed by atoms with van der Waals surface area (Å²) in [5.74, 6) is 0.654. The molecule has 0 radical (unpaired) electrons. The molecule has 3 N–H and O–H groups in total. The Morgan fingerprint density at radius 2 is 2.00 bits per heavy atom. The van der Waals surface area contributed by atoms with E-state index in [2.05, 4.69) is 16.0 Å². The van der Waals surface area contributed by atoms with Crippen LogP contribution in [0.15, 0.2) is 29.1 Å². The van der Waals surface area contributed by atoms with Crippen molar-refractivity contribution < 1.29 is 0 Å². The summed E-state index contributed by atoms with van der Waals surface area (Å²) in [4.78, 5) is 18.2. The van der Waals surface area contributed by atoms with Crippen molar-refractivity contribution in [2.45, 2.75) is 26.7 Å². The molecule has 0 aliphatic heterocycles. The first kappa shape index (κ1) is 12.4. The van der Waals surface area contributed by atoms with E-state index in [1.165, 1.54) is 0 Å². The van der Waals surface area contributed by atoms with Gasteiger partial charge in [-0.05, 0) is 43.9 Å². The molecular weight excluding hydrogens is 226 g/mol. The van der Waals surface area contributed by atoms with E-state index in [1.54, 1.807) is 13.0 Å². The number of H-pyrrole nitrogens is 1. The summed E-state index contributed by atoms with van der Waals surface area (Å²) in [6.07, 6.45) is 1.58. The Morgan fingerprint density at radius 1 is 1.22 bits per heavy atom. The smallest absolute Gasteiger partial charge is 0.251 e. The van der Waals surface area contributed by atoms with Crippen molar-refractivity contribution >= 4 is 5.69 Å². The molecule has 1 heterocycles. The van der Waals surface area contributed by atoms with E-state index in [1.807, 2.05) is 19.1 Å². The van der Waals surface area contributed by atoms with Gasteiger partial charge in [-0.1, -0.05) is 12.1 Å². The average molecular weight is 243 g/mol. The number of rotatable bonds is 3. The monoisotopic (exact) mass is 243 g/mol. The quantitative estimate of drug-likeness (QED) is 0.807. The Kier molecular flexibility index (Phi) is 3.46. The van der Waals surface area contributed by atoms with Gasteiger partial charge in [-0.3, -0.25) is 4.79 Å². The molecule has 0 unspecified atom stereocenters. The molecule has 2 rings (SSSR count). The van der Waals surface area contributed by atoms with Crippen molar-refractivity contribution in [2.24, 2.45) is 0 Å². The minimum Gasteiger partial charge on any atom is -0.399 e. The molecule has 94 valence electrons. The lowest BCUT2D eigenvalue weighted by Crippen LogP contribution is -2.11. The van der Waals surface area contributed by atoms with Crippen molar-refractivity contribution in [1.29, 1.82) is 0 Å². The molecule has 0 aliphatic rings. The number of nitrogens with one attached hydrogen (secondary N) is 1. The maximum absolute atomic E-state index is 11.3. The van der Waals surface area contributed by atoms with Crippen LogP contribution in [-0.2, 0) is 12.8 Å². The van der Waals surface area contributed by atoms with Gasteiger partial charge in [-0.2, -0.15) is 0 Å². The molecule has 1 aromatic carbocycles. The van der Waals surface area contributed by atoms with E-state index in [9.17, 15) is 4.79 Å². The number of nitrogens with zero attached hydrogens (tertiary/aromatic N) is 1. The first-order valence-electron chi connectivity index (χ1n) is 5.96. The van der Waals surface area contributed by atoms with Gasteiger partial charge in [0, 0.05) is 17.4 Å². The molecule has 0 saturated carbocycles. The zero-order valence-corrected chi connectivity index (χ0v) is 10.7. The Balaban J connectivity index is 2.11. The first-order valence-corrected chi connectivity index (χ1v) is 5.96. The lowest BCUT2D eigenvalue weighted by molar-refractivity contribution is 0.869. The minimum absolute atomic E-state index is 0.0964. The summed E-state index contributed by atoms with van der Waals surface area (Å²) >= 11 is 0. The zero-order chi connectivity index (χ0) is 13.1. The predicted octanol–water partition coefficient (Wildman–Crippen LogP) is 1.75. The highest BCUT2D eigenvalue weighted by molar-refractivity contribution is 5.48. The summed E-state index contributed by atoms with van der Waals surface area (Å²) < 4.78 is 0. The van der Waals surface area contributed by atoms with Gasteiger partial charge in [0.1, 0.15) is 5.82 Å². The van der Waals surface area contributed by atoms with E-state index >= 15 is 0 Å². The van der Waals surface area contributed by atoms with Crippen LogP contribution < -0.4 is 11.3 Å². The van der Waals surface area contributed by atoms with Gasteiger partial charge in [-0.25, -0.2) is 4.98 Å². The molecule has 0 spiro atoms. The van der Waals surface area contributed by atoms with Crippen LogP contribution >= 0.6 is 0 Å². The van der Waals surface area contributed by atoms with E-state index in [0.29, 0.717) is 5.82 Å². The van der Waals surface area contributed by atoms with E-state index in [4.69, 9.17) is 5.73 Å². The standard InChI is InChI=1S/C14H17N3O/c1-9-3-4-11(7-13(9)15)5-6-12-8-14(18)17-10(2)16-12/h3-4,7-8H,5-6,15H2,1-2H3,(H,16,17,18). The van der Waals surface area contributed by atoms with Crippen molar-refractivity contribution in [3.05, 3.63) is 57.3 Å². The number of hydrogen-bond donors (Lipinski definition) is 2. The Bertz CT molecular complexity index is 617. The molecular formula is C14H17N3O. The highest BCUT2D eigenvalue weighted by atomic mass is 16.1. The normalized spacial score (nSPS) is 10.6. The fourth-order valence-corrected chi connectivity index (χ4v) is 1.89. The lowest BCUT2D eigenvalue weighted by Gasteiger charge is -2.05. The molecule has 2 aromatic rings. The molecule has 0 atom stereocenters. The molecule has 1 aromatic heterocycles. The average Bonchev–Trinajstić information content (AvgIpc) is 2.29. The van der Waals surface area contributed by atoms with Crippen LogP contribution in [0.5, 0.6) is 0 Å². The van der Waals surface area contributed by atoms with Crippen molar-refractivity contribution in [3.63, 3.8) is 0 Å². The number of nitrogen functional groups attached to an aromatic ring is 1. The number of aryl methyl sites for hydroxylation is 4. The largest absolute Gasteiger partial charge is 0.399 e. The molecule has 0 bridgehead atoms. The van der Waals surface area contributed by atoms with Crippen LogP contribution in [0.3, 0.4) is 0 Å². The van der Waals surface area contributed by atoms with E-state index in [-0.39, 0.29) is 5.56 Å². The second-order valence-corrected chi connectivity index (χ2v) is 4.51. The zero-order valence-electron chi connectivity index (χ0n) is 10.7. The van der Waals surface area contributed by atoms with Crippen LogP contribution in [0, 0.1) is 13.8 Å². The third-order valence-corrected chi connectivity index (χ3v) is 2.93. The maximum Gasteiger partial charge on any atom is 0.251 e. The van der Waals surface area contributed by atoms with Gasteiger partial charge in [0.15, 0.2) is 0 Å². The van der Waals surface area contributed by atoms with Crippen molar-refractivity contribution in [2.75, 3.05) is 5.73 Å². The number of anilines is 1. The SMILES string of the molecule is Cc1nc(CCc2ccc(C)c(N)c2)cc(=O)[nH]1. The third-order valence-electron chi connectivity index (χ3n) is 2.93. The predicted molar refractivity (Wildman–Crippen MR) is 72.6 cm³/mol. The van der Waals surface area contributed by atoms with Gasteiger partial charge in [0.25, 0.3) is 5.56 Å². The van der Waals surface area contributed by atoms with E-state index < -0.39 is 0 Å². The number of aromatic nitrogens is 2. The van der Waals surface area contributed by atoms with Gasteiger partial charge >= 0.3 is 0 Å². The Hall–Kier alpha value is -2.10. The second-order valence-electron chi connectivity index (χ2n) is 4.51. The summed E-state index contributed by atoms with van der Waals surface area (Å²) in [5.41, 5.74) is 9.65. The second kappa shape index (κ2) is 5.04. The molecule has 0 amide bonds. The lowest BCUT2D eigenvalue weighted by atomic mass is 10.0. The Morgan fingerprint density at radius 3 is 2.67 bits per heavy atom. The maximum atomic E-state index is 11.3. The summed E-state index contributed by atoms with van der Waals surface area (Å²) in [7, 11) is 0. The topological polar surface area (TPSA) is 71.8 Å². The van der Waals surface area contributed by atoms with Crippen LogP contribution in [0.2, 0.25) is 0 Å². The molecule has 4 nitrogen and oxygen atoms in total. The summed E-state index contributed by atoms with van der Waals surface area (Å²) in [6.45, 7) is 3.77. The van der Waals surface area contributed by atoms with Gasteiger partial charge < -0.3 is 10.7 Å². The first-order chi connectivity index (χ1) is 8.54. The number of hydrogen-bond acceptors (Lipinski definition) is 3. The molecule has 18 heavy (non-hydrogen) atoms. The highest BCUT2D eigenvalue weighted by Gasteiger charge is 2.01. The van der Waals surface area contributed by atoms with Gasteiger partial charge in [0.2, 0.25) is 0 Å². The van der Waals surface area contributed by atoms with Crippen LogP contribution in [-0.4, -0.2) is 9.97 Å². The Labute approximate surface area is 106 Å². The molecule has 0 saturated heterocycles. The van der Waals surface area contributed by atoms with Gasteiger partial charge in [0.05, 0.1) is 0 Å². The fraction of sp³-hybridized carbons (Fsp3) is 0.286. The summed E-state index contributed by atoms with van der Waals surface area (Å²) in [5, 5.41) is 0. The molecule has 4 heteroatoms. The molecule has 0 fully saturated rings. The number of aromatic amines is 1. The van der Waals surface area contributed by atoms with Crippen LogP contribution in [0.4, 0.5) is 5.69 Å². The van der Waals surface area contributed by atoms with Gasteiger partial charge in [-0.15, -0.1) is 0 Å². The van der Waals surface area contributed by atoms with E-state index in [0.717, 1.165) is 35.3 Å². The van der Waals surface area contributed by atoms with Crippen LogP contribution in [0.1, 0.15) is 22.6 Å². The fourth-order valence-electron chi connectivity index (χ4n) is 1.89. The number of nitrogens with two attached hydrogens (primary N) is 1. The third kappa shape index (κ3) is 2.97. The van der Waals surface area contributed by atoms with Crippen molar-refractivity contribution in [1.82, 2.24) is 9.97 Å². The van der Waals surface area contributed by atoms with Crippen LogP contribution in [0.25, 0.3) is 0 Å². The van der Waals surface area contributed by atoms with Crippen molar-refractivity contribution in [3.8, 4) is 0 Å².